The molecule has 1 aromatic carbocycles. The predicted molar refractivity (Wildman–Crippen MR) is 83.4 cm³/mol. The molecule has 1 heterocycles. The third kappa shape index (κ3) is 3.58. The minimum absolute atomic E-state index is 0.0212. The number of nitrogens with zero attached hydrogens (tertiary/aromatic N) is 5. The summed E-state index contributed by atoms with van der Waals surface area (Å²) < 4.78 is 0. The molecule has 0 fully saturated rings. The lowest BCUT2D eigenvalue weighted by molar-refractivity contribution is -0.384. The van der Waals surface area contributed by atoms with Gasteiger partial charge in [0.05, 0.1) is 15.5 Å². The van der Waals surface area contributed by atoms with Gasteiger partial charge in [-0.15, -0.1) is 0 Å². The first-order valence-electron chi connectivity index (χ1n) is 6.33. The first kappa shape index (κ1) is 15.9. The fourth-order valence-electron chi connectivity index (χ4n) is 1.75. The van der Waals surface area contributed by atoms with Crippen molar-refractivity contribution in [3.8, 4) is 0 Å². The van der Waals surface area contributed by atoms with Gasteiger partial charge in [-0.25, -0.2) is 9.97 Å². The highest BCUT2D eigenvalue weighted by Crippen LogP contribution is 2.30. The van der Waals surface area contributed by atoms with Crippen LogP contribution in [0.25, 0.3) is 0 Å². The molecule has 2 N–H and O–H groups in total. The van der Waals surface area contributed by atoms with Crippen LogP contribution in [0.5, 0.6) is 0 Å². The molecule has 0 bridgehead atoms. The normalized spacial score (nSPS) is 10.0. The van der Waals surface area contributed by atoms with Gasteiger partial charge in [0.15, 0.2) is 0 Å². The maximum absolute atomic E-state index is 11.2. The Kier molecular flexibility index (Phi) is 4.50. The number of hydrogen-bond acceptors (Lipinski definition) is 9. The highest BCUT2D eigenvalue weighted by molar-refractivity contribution is 5.71. The number of hydrogen-bond donors (Lipinski definition) is 2. The molecule has 120 valence electrons. The summed E-state index contributed by atoms with van der Waals surface area (Å²) in [5.74, 6) is 0.130. The molecule has 11 nitrogen and oxygen atoms in total. The van der Waals surface area contributed by atoms with Crippen LogP contribution in [0.1, 0.15) is 0 Å². The zero-order valence-corrected chi connectivity index (χ0v) is 12.3. The Morgan fingerprint density at radius 2 is 1.65 bits per heavy atom. The molecule has 1 aromatic heterocycles. The summed E-state index contributed by atoms with van der Waals surface area (Å²) in [6, 6.07) is 5.54. The number of hydrazine groups is 1. The quantitative estimate of drug-likeness (QED) is 0.602. The van der Waals surface area contributed by atoms with Gasteiger partial charge in [0, 0.05) is 26.2 Å². The zero-order valence-electron chi connectivity index (χ0n) is 12.3. The van der Waals surface area contributed by atoms with Gasteiger partial charge >= 0.3 is 5.69 Å². The summed E-state index contributed by atoms with van der Waals surface area (Å²) in [6.45, 7) is 0. The van der Waals surface area contributed by atoms with Crippen molar-refractivity contribution >= 4 is 28.7 Å². The zero-order chi connectivity index (χ0) is 17.0. The molecular formula is C12H13N7O4. The molecule has 0 radical (unpaired) electrons. The molecular weight excluding hydrogens is 306 g/mol. The number of anilines is 3. The smallest absolute Gasteiger partial charge is 0.355 e. The Bertz CT molecular complexity index is 733. The Morgan fingerprint density at radius 1 is 1.00 bits per heavy atom. The molecule has 11 heteroatoms. The van der Waals surface area contributed by atoms with Crippen LogP contribution in [-0.4, -0.2) is 33.9 Å². The molecule has 0 saturated heterocycles. The largest absolute Gasteiger partial charge is 0.357 e. The maximum atomic E-state index is 11.2. The second kappa shape index (κ2) is 6.51. The van der Waals surface area contributed by atoms with E-state index in [9.17, 15) is 20.2 Å². The van der Waals surface area contributed by atoms with Crippen molar-refractivity contribution in [1.29, 1.82) is 0 Å². The van der Waals surface area contributed by atoms with Crippen LogP contribution in [0.15, 0.2) is 30.6 Å². The lowest BCUT2D eigenvalue weighted by atomic mass is 10.3. The van der Waals surface area contributed by atoms with Crippen LogP contribution in [-0.2, 0) is 0 Å². The van der Waals surface area contributed by atoms with Crippen molar-refractivity contribution in [1.82, 2.24) is 9.97 Å². The summed E-state index contributed by atoms with van der Waals surface area (Å²) in [7, 11) is 3.26. The van der Waals surface area contributed by atoms with E-state index in [0.717, 1.165) is 0 Å². The summed E-state index contributed by atoms with van der Waals surface area (Å²) in [5.41, 5.74) is 5.46. The topological polar surface area (TPSA) is 139 Å². The molecule has 0 aliphatic carbocycles. The van der Waals surface area contributed by atoms with Gasteiger partial charge in [0.25, 0.3) is 5.69 Å². The average molecular weight is 319 g/mol. The Labute approximate surface area is 130 Å². The molecule has 0 saturated carbocycles. The number of nitro benzene ring substituents is 1. The third-order valence-electron chi connectivity index (χ3n) is 2.81. The van der Waals surface area contributed by atoms with Crippen molar-refractivity contribution in [3.05, 3.63) is 50.8 Å². The van der Waals surface area contributed by atoms with E-state index in [0.29, 0.717) is 5.69 Å². The molecule has 0 atom stereocenters. The summed E-state index contributed by atoms with van der Waals surface area (Å²) >= 11 is 0. The third-order valence-corrected chi connectivity index (χ3v) is 2.81. The number of nitro groups is 2. The SMILES string of the molecule is CN(C)c1ncnc(NNc2ccc([N+](=O)[O-])cc2)c1[N+](=O)[O-]. The average Bonchev–Trinajstić information content (AvgIpc) is 2.52. The lowest BCUT2D eigenvalue weighted by Gasteiger charge is -2.14. The fraction of sp³-hybridized carbons (Fsp3) is 0.167. The van der Waals surface area contributed by atoms with E-state index >= 15 is 0 Å². The van der Waals surface area contributed by atoms with Crippen molar-refractivity contribution < 1.29 is 9.85 Å². The van der Waals surface area contributed by atoms with Crippen LogP contribution < -0.4 is 15.8 Å². The number of rotatable bonds is 6. The van der Waals surface area contributed by atoms with Crippen molar-refractivity contribution in [2.24, 2.45) is 0 Å². The van der Waals surface area contributed by atoms with E-state index in [1.807, 2.05) is 0 Å². The minimum Gasteiger partial charge on any atom is -0.357 e. The second-order valence-electron chi connectivity index (χ2n) is 4.60. The van der Waals surface area contributed by atoms with Gasteiger partial charge in [-0.3, -0.25) is 31.1 Å². The van der Waals surface area contributed by atoms with Crippen LogP contribution in [0.3, 0.4) is 0 Å². The molecule has 23 heavy (non-hydrogen) atoms. The number of nitrogens with one attached hydrogen (secondary N) is 2. The van der Waals surface area contributed by atoms with Gasteiger partial charge in [-0.05, 0) is 12.1 Å². The monoisotopic (exact) mass is 319 g/mol. The van der Waals surface area contributed by atoms with E-state index in [1.165, 1.54) is 35.5 Å². The Balaban J connectivity index is 2.21. The van der Waals surface area contributed by atoms with E-state index in [2.05, 4.69) is 20.8 Å². The number of aromatic nitrogens is 2. The van der Waals surface area contributed by atoms with Crippen molar-refractivity contribution in [2.45, 2.75) is 0 Å². The van der Waals surface area contributed by atoms with E-state index in [1.54, 1.807) is 14.1 Å². The maximum Gasteiger partial charge on any atom is 0.355 e. The number of non-ortho nitro benzene ring substituents is 1. The lowest BCUT2D eigenvalue weighted by Crippen LogP contribution is -2.17. The fourth-order valence-corrected chi connectivity index (χ4v) is 1.75. The Hall–Kier alpha value is -3.50. The Morgan fingerprint density at radius 3 is 2.17 bits per heavy atom. The van der Waals surface area contributed by atoms with Crippen molar-refractivity contribution in [3.63, 3.8) is 0 Å². The van der Waals surface area contributed by atoms with Crippen LogP contribution >= 0.6 is 0 Å². The molecule has 2 aromatic rings. The molecule has 0 amide bonds. The van der Waals surface area contributed by atoms with Crippen molar-refractivity contribution in [2.75, 3.05) is 29.8 Å². The minimum atomic E-state index is -0.588. The summed E-state index contributed by atoms with van der Waals surface area (Å²) in [4.78, 5) is 29.9. The molecule has 0 aliphatic rings. The van der Waals surface area contributed by atoms with Gasteiger partial charge in [-0.2, -0.15) is 0 Å². The first-order valence-corrected chi connectivity index (χ1v) is 6.33. The van der Waals surface area contributed by atoms with Crippen LogP contribution in [0, 0.1) is 20.2 Å². The second-order valence-corrected chi connectivity index (χ2v) is 4.60. The highest BCUT2D eigenvalue weighted by Gasteiger charge is 2.24. The summed E-state index contributed by atoms with van der Waals surface area (Å²) in [5, 5.41) is 21.8. The van der Waals surface area contributed by atoms with Gasteiger partial charge < -0.3 is 4.90 Å². The van der Waals surface area contributed by atoms with Gasteiger partial charge in [0.2, 0.25) is 11.6 Å². The standard InChI is InChI=1S/C12H13N7O4/c1-17(2)12-10(19(22)23)11(13-7-14-12)16-15-8-3-5-9(6-4-8)18(20)21/h3-7,15H,1-2H3,(H,13,14,16). The molecule has 2 rings (SSSR count). The first-order chi connectivity index (χ1) is 10.9. The molecule has 0 unspecified atom stereocenters. The molecule has 0 aliphatic heterocycles. The van der Waals surface area contributed by atoms with E-state index < -0.39 is 9.85 Å². The highest BCUT2D eigenvalue weighted by atomic mass is 16.6. The van der Waals surface area contributed by atoms with Gasteiger partial charge in [0.1, 0.15) is 6.33 Å². The van der Waals surface area contributed by atoms with Crippen LogP contribution in [0.2, 0.25) is 0 Å². The van der Waals surface area contributed by atoms with E-state index in [4.69, 9.17) is 0 Å². The molecule has 0 spiro atoms. The predicted octanol–water partition coefficient (Wildman–Crippen LogP) is 1.80. The van der Waals surface area contributed by atoms with Gasteiger partial charge in [-0.1, -0.05) is 0 Å². The van der Waals surface area contributed by atoms with Crippen LogP contribution in [0.4, 0.5) is 28.7 Å². The van der Waals surface area contributed by atoms with E-state index in [-0.39, 0.29) is 23.0 Å². The summed E-state index contributed by atoms with van der Waals surface area (Å²) in [6.07, 6.45) is 1.20. The number of benzene rings is 1.